The average Bonchev–Trinajstić information content (AvgIpc) is 3.10. The van der Waals surface area contributed by atoms with Crippen LogP contribution in [0, 0.1) is 5.92 Å². The third-order valence-corrected chi connectivity index (χ3v) is 6.69. The minimum Gasteiger partial charge on any atom is -0.466 e. The van der Waals surface area contributed by atoms with Gasteiger partial charge >= 0.3 is 5.97 Å². The van der Waals surface area contributed by atoms with E-state index >= 15 is 0 Å². The normalized spacial score (nSPS) is 14.8. The molecule has 1 amide bonds. The van der Waals surface area contributed by atoms with Crippen LogP contribution in [0.25, 0.3) is 21.5 Å². The summed E-state index contributed by atoms with van der Waals surface area (Å²) in [5.41, 5.74) is 8.51. The summed E-state index contributed by atoms with van der Waals surface area (Å²) in [6.07, 6.45) is 1.21. The fraction of sp³-hybridized carbons (Fsp3) is 0.318. The number of nitrogens with two attached hydrogens (primary N) is 1. The molecule has 0 radical (unpaired) electrons. The minimum absolute atomic E-state index is 0.106. The highest BCUT2D eigenvalue weighted by Gasteiger charge is 2.30. The molecule has 2 N–H and O–H groups in total. The molecule has 30 heavy (non-hydrogen) atoms. The fourth-order valence-electron chi connectivity index (χ4n) is 3.66. The molecule has 3 heterocycles. The number of thiophene rings is 1. The van der Waals surface area contributed by atoms with Crippen LogP contribution in [-0.4, -0.2) is 41.5 Å². The van der Waals surface area contributed by atoms with Gasteiger partial charge in [-0.1, -0.05) is 23.7 Å². The highest BCUT2D eigenvalue weighted by molar-refractivity contribution is 7.21. The molecule has 0 saturated carbocycles. The Morgan fingerprint density at radius 2 is 1.90 bits per heavy atom. The molecular formula is C22H22ClN3O3S. The number of hydrogen-bond donors (Lipinski definition) is 1. The molecule has 8 heteroatoms. The van der Waals surface area contributed by atoms with E-state index in [4.69, 9.17) is 27.1 Å². The number of hydrogen-bond acceptors (Lipinski definition) is 6. The lowest BCUT2D eigenvalue weighted by Crippen LogP contribution is -2.40. The molecule has 1 aliphatic rings. The number of benzene rings is 1. The number of ether oxygens (including phenoxy) is 1. The topological polar surface area (TPSA) is 85.5 Å². The van der Waals surface area contributed by atoms with Gasteiger partial charge in [-0.2, -0.15) is 0 Å². The Morgan fingerprint density at radius 1 is 1.20 bits per heavy atom. The molecule has 0 bridgehead atoms. The number of carbonyl (C=O) groups is 2. The Balaban J connectivity index is 1.54. The Bertz CT molecular complexity index is 1090. The second-order valence-corrected chi connectivity index (χ2v) is 8.65. The number of rotatable bonds is 4. The summed E-state index contributed by atoms with van der Waals surface area (Å²) >= 11 is 7.27. The number of nitrogens with zero attached hydrogens (tertiary/aromatic N) is 2. The Kier molecular flexibility index (Phi) is 5.92. The number of halogens is 1. The van der Waals surface area contributed by atoms with Gasteiger partial charge in [0.1, 0.15) is 9.71 Å². The number of piperidine rings is 1. The second kappa shape index (κ2) is 8.62. The lowest BCUT2D eigenvalue weighted by molar-refractivity contribution is -0.149. The Morgan fingerprint density at radius 3 is 2.57 bits per heavy atom. The highest BCUT2D eigenvalue weighted by Crippen LogP contribution is 2.35. The third-order valence-electron chi connectivity index (χ3n) is 5.33. The van der Waals surface area contributed by atoms with Gasteiger partial charge in [-0.05, 0) is 44.0 Å². The van der Waals surface area contributed by atoms with Crippen molar-refractivity contribution in [3.05, 3.63) is 46.3 Å². The van der Waals surface area contributed by atoms with Crippen LogP contribution in [0.5, 0.6) is 0 Å². The van der Waals surface area contributed by atoms with Crippen LogP contribution in [0.1, 0.15) is 29.4 Å². The van der Waals surface area contributed by atoms with Crippen molar-refractivity contribution in [1.82, 2.24) is 9.88 Å². The van der Waals surface area contributed by atoms with Gasteiger partial charge in [0.15, 0.2) is 0 Å². The number of anilines is 1. The van der Waals surface area contributed by atoms with Crippen molar-refractivity contribution in [1.29, 1.82) is 0 Å². The summed E-state index contributed by atoms with van der Waals surface area (Å²) in [6.45, 7) is 3.20. The van der Waals surface area contributed by atoms with Gasteiger partial charge in [-0.25, -0.2) is 4.98 Å². The second-order valence-electron chi connectivity index (χ2n) is 7.22. The van der Waals surface area contributed by atoms with E-state index < -0.39 is 0 Å². The van der Waals surface area contributed by atoms with Gasteiger partial charge in [-0.15, -0.1) is 11.3 Å². The van der Waals surface area contributed by atoms with E-state index in [0.29, 0.717) is 48.1 Å². The first-order valence-corrected chi connectivity index (χ1v) is 11.1. The maximum Gasteiger partial charge on any atom is 0.309 e. The van der Waals surface area contributed by atoms with E-state index in [1.165, 1.54) is 11.3 Å². The average molecular weight is 444 g/mol. The van der Waals surface area contributed by atoms with Crippen LogP contribution in [0.15, 0.2) is 36.4 Å². The number of amides is 1. The fourth-order valence-corrected chi connectivity index (χ4v) is 4.85. The van der Waals surface area contributed by atoms with Crippen molar-refractivity contribution >= 4 is 50.7 Å². The Labute approximate surface area is 183 Å². The van der Waals surface area contributed by atoms with Crippen molar-refractivity contribution in [3.8, 4) is 11.3 Å². The first-order valence-electron chi connectivity index (χ1n) is 9.88. The van der Waals surface area contributed by atoms with Gasteiger partial charge in [0, 0.05) is 29.1 Å². The molecule has 6 nitrogen and oxygen atoms in total. The summed E-state index contributed by atoms with van der Waals surface area (Å²) in [6, 6.07) is 11.3. The number of pyridine rings is 1. The number of fused-ring (bicyclic) bond motifs is 1. The first kappa shape index (κ1) is 20.6. The van der Waals surface area contributed by atoms with E-state index in [1.54, 1.807) is 11.8 Å². The van der Waals surface area contributed by atoms with E-state index in [9.17, 15) is 9.59 Å². The van der Waals surface area contributed by atoms with Crippen molar-refractivity contribution in [2.75, 3.05) is 25.4 Å². The number of nitrogen functional groups attached to an aromatic ring is 1. The van der Waals surface area contributed by atoms with Gasteiger partial charge in [0.05, 0.1) is 23.9 Å². The monoisotopic (exact) mass is 443 g/mol. The lowest BCUT2D eigenvalue weighted by atomic mass is 9.97. The lowest BCUT2D eigenvalue weighted by Gasteiger charge is -2.30. The summed E-state index contributed by atoms with van der Waals surface area (Å²) in [5.74, 6) is -0.423. The summed E-state index contributed by atoms with van der Waals surface area (Å²) in [7, 11) is 0. The zero-order valence-corrected chi connectivity index (χ0v) is 18.1. The molecule has 3 aromatic rings. The Hall–Kier alpha value is -2.64. The number of esters is 1. The quantitative estimate of drug-likeness (QED) is 0.595. The number of carbonyl (C=O) groups excluding carboxylic acids is 2. The molecule has 1 aromatic carbocycles. The maximum atomic E-state index is 13.1. The van der Waals surface area contributed by atoms with Gasteiger partial charge in [-0.3, -0.25) is 9.59 Å². The first-order chi connectivity index (χ1) is 14.5. The molecule has 1 fully saturated rings. The molecular weight excluding hydrogens is 422 g/mol. The summed E-state index contributed by atoms with van der Waals surface area (Å²) in [4.78, 5) is 32.7. The van der Waals surface area contributed by atoms with Crippen LogP contribution < -0.4 is 5.73 Å². The maximum absolute atomic E-state index is 13.1. The van der Waals surface area contributed by atoms with Crippen molar-refractivity contribution in [2.24, 2.45) is 5.92 Å². The molecule has 2 aromatic heterocycles. The predicted octanol–water partition coefficient (Wildman–Crippen LogP) is 4.61. The molecule has 0 spiro atoms. The van der Waals surface area contributed by atoms with Gasteiger partial charge in [0.2, 0.25) is 0 Å². The predicted molar refractivity (Wildman–Crippen MR) is 120 cm³/mol. The largest absolute Gasteiger partial charge is 0.466 e. The molecule has 156 valence electrons. The number of likely N-dealkylation sites (tertiary alicyclic amines) is 1. The van der Waals surface area contributed by atoms with Crippen molar-refractivity contribution in [3.63, 3.8) is 0 Å². The van der Waals surface area contributed by atoms with Gasteiger partial charge in [0.25, 0.3) is 5.91 Å². The summed E-state index contributed by atoms with van der Waals surface area (Å²) in [5, 5.41) is 1.45. The number of aromatic nitrogens is 1. The molecule has 1 saturated heterocycles. The molecule has 0 aliphatic carbocycles. The smallest absolute Gasteiger partial charge is 0.309 e. The summed E-state index contributed by atoms with van der Waals surface area (Å²) < 4.78 is 5.10. The van der Waals surface area contributed by atoms with Gasteiger partial charge < -0.3 is 15.4 Å². The van der Waals surface area contributed by atoms with E-state index in [2.05, 4.69) is 0 Å². The molecule has 0 unspecified atom stereocenters. The van der Waals surface area contributed by atoms with Crippen LogP contribution in [-0.2, 0) is 9.53 Å². The van der Waals surface area contributed by atoms with E-state index in [-0.39, 0.29) is 17.8 Å². The molecule has 1 aliphatic heterocycles. The zero-order valence-electron chi connectivity index (χ0n) is 16.6. The zero-order chi connectivity index (χ0) is 21.3. The SMILES string of the molecule is CCOC(=O)C1CCN(C(=O)c2sc3nc(-c4ccc(Cl)cc4)ccc3c2N)CC1. The third kappa shape index (κ3) is 4.00. The minimum atomic E-state index is -0.176. The van der Waals surface area contributed by atoms with E-state index in [0.717, 1.165) is 21.5 Å². The highest BCUT2D eigenvalue weighted by atomic mass is 35.5. The van der Waals surface area contributed by atoms with E-state index in [1.807, 2.05) is 36.4 Å². The van der Waals surface area contributed by atoms with Crippen molar-refractivity contribution < 1.29 is 14.3 Å². The molecule has 0 atom stereocenters. The van der Waals surface area contributed by atoms with Crippen molar-refractivity contribution in [2.45, 2.75) is 19.8 Å². The van der Waals surface area contributed by atoms with Crippen LogP contribution in [0.3, 0.4) is 0 Å². The standard InChI is InChI=1S/C22H22ClN3O3S/c1-2-29-22(28)14-9-11-26(12-10-14)21(27)19-18(24)16-7-8-17(25-20(16)30-19)13-3-5-15(23)6-4-13/h3-8,14H,2,9-12,24H2,1H3. The molecule has 4 rings (SSSR count). The van der Waals surface area contributed by atoms with Crippen LogP contribution in [0.4, 0.5) is 5.69 Å². The van der Waals surface area contributed by atoms with Crippen LogP contribution in [0.2, 0.25) is 5.02 Å². The van der Waals surface area contributed by atoms with Crippen LogP contribution >= 0.6 is 22.9 Å².